The number of amides is 2. The maximum absolute atomic E-state index is 12.5. The van der Waals surface area contributed by atoms with Crippen LogP contribution < -0.4 is 4.74 Å². The number of ether oxygens (including phenoxy) is 2. The monoisotopic (exact) mass is 374 g/mol. The second-order valence-electron chi connectivity index (χ2n) is 7.48. The number of benzene rings is 1. The molecular formula is C21H30N2O4. The quantitative estimate of drug-likeness (QED) is 0.756. The molecule has 148 valence electrons. The number of rotatable bonds is 4. The lowest BCUT2D eigenvalue weighted by Crippen LogP contribution is -2.39. The van der Waals surface area contributed by atoms with Crippen LogP contribution in [0.1, 0.15) is 39.7 Å². The van der Waals surface area contributed by atoms with E-state index in [-0.39, 0.29) is 12.0 Å². The molecule has 1 aliphatic heterocycles. The molecule has 2 amide bonds. The highest BCUT2D eigenvalue weighted by atomic mass is 16.6. The van der Waals surface area contributed by atoms with E-state index in [1.165, 1.54) is 0 Å². The SMILES string of the molecule is CCOc1ccc(/C=C/C(=O)N2CCCN(C(=O)OC(C)(C)C)CC2)cc1. The fourth-order valence-electron chi connectivity index (χ4n) is 2.76. The maximum Gasteiger partial charge on any atom is 0.410 e. The normalized spacial score (nSPS) is 15.6. The van der Waals surface area contributed by atoms with Gasteiger partial charge >= 0.3 is 6.09 Å². The van der Waals surface area contributed by atoms with E-state index in [9.17, 15) is 9.59 Å². The fourth-order valence-corrected chi connectivity index (χ4v) is 2.76. The van der Waals surface area contributed by atoms with Crippen LogP contribution >= 0.6 is 0 Å². The second-order valence-corrected chi connectivity index (χ2v) is 7.48. The van der Waals surface area contributed by atoms with E-state index in [4.69, 9.17) is 9.47 Å². The van der Waals surface area contributed by atoms with Gasteiger partial charge in [-0.2, -0.15) is 0 Å². The summed E-state index contributed by atoms with van der Waals surface area (Å²) in [6.07, 6.45) is 3.80. The van der Waals surface area contributed by atoms with Crippen molar-refractivity contribution in [3.8, 4) is 5.75 Å². The summed E-state index contributed by atoms with van der Waals surface area (Å²) in [5.41, 5.74) is 0.427. The van der Waals surface area contributed by atoms with Crippen LogP contribution in [0.15, 0.2) is 30.3 Å². The highest BCUT2D eigenvalue weighted by Gasteiger charge is 2.25. The van der Waals surface area contributed by atoms with Crippen LogP contribution in [-0.2, 0) is 9.53 Å². The number of hydrogen-bond donors (Lipinski definition) is 0. The molecule has 0 bridgehead atoms. The van der Waals surface area contributed by atoms with E-state index in [2.05, 4.69) is 0 Å². The molecule has 1 fully saturated rings. The summed E-state index contributed by atoms with van der Waals surface area (Å²) < 4.78 is 10.8. The molecule has 1 saturated heterocycles. The van der Waals surface area contributed by atoms with Crippen molar-refractivity contribution in [3.63, 3.8) is 0 Å². The van der Waals surface area contributed by atoms with Gasteiger partial charge in [0.2, 0.25) is 5.91 Å². The topological polar surface area (TPSA) is 59.1 Å². The van der Waals surface area contributed by atoms with Crippen LogP contribution in [0.3, 0.4) is 0 Å². The summed E-state index contributed by atoms with van der Waals surface area (Å²) in [5.74, 6) is 0.769. The van der Waals surface area contributed by atoms with Gasteiger partial charge in [0, 0.05) is 32.3 Å². The molecule has 0 aromatic heterocycles. The van der Waals surface area contributed by atoms with Crippen molar-refractivity contribution in [3.05, 3.63) is 35.9 Å². The zero-order chi connectivity index (χ0) is 19.9. The molecule has 0 unspecified atom stereocenters. The van der Waals surface area contributed by atoms with Crippen molar-refractivity contribution in [1.82, 2.24) is 9.80 Å². The third kappa shape index (κ3) is 6.96. The van der Waals surface area contributed by atoms with Crippen LogP contribution in [0.2, 0.25) is 0 Å². The average Bonchev–Trinajstić information content (AvgIpc) is 2.86. The number of nitrogens with zero attached hydrogens (tertiary/aromatic N) is 2. The van der Waals surface area contributed by atoms with Crippen LogP contribution in [0.5, 0.6) is 5.75 Å². The van der Waals surface area contributed by atoms with Gasteiger partial charge in [0.15, 0.2) is 0 Å². The van der Waals surface area contributed by atoms with Crippen LogP contribution in [0, 0.1) is 0 Å². The average molecular weight is 374 g/mol. The largest absolute Gasteiger partial charge is 0.494 e. The molecule has 0 radical (unpaired) electrons. The summed E-state index contributed by atoms with van der Waals surface area (Å²) in [6.45, 7) is 10.3. The number of hydrogen-bond acceptors (Lipinski definition) is 4. The van der Waals surface area contributed by atoms with Gasteiger partial charge in [0.25, 0.3) is 0 Å². The van der Waals surface area contributed by atoms with Crippen LogP contribution in [0.25, 0.3) is 6.08 Å². The maximum atomic E-state index is 12.5. The Kier molecular flexibility index (Phi) is 7.28. The molecule has 1 aromatic carbocycles. The van der Waals surface area contributed by atoms with Gasteiger partial charge in [0.1, 0.15) is 11.4 Å². The lowest BCUT2D eigenvalue weighted by Gasteiger charge is -2.26. The Bertz CT molecular complexity index is 662. The molecule has 0 atom stereocenters. The summed E-state index contributed by atoms with van der Waals surface area (Å²) in [7, 11) is 0. The first-order chi connectivity index (χ1) is 12.8. The summed E-state index contributed by atoms with van der Waals surface area (Å²) in [5, 5.41) is 0. The lowest BCUT2D eigenvalue weighted by molar-refractivity contribution is -0.125. The number of carbonyl (C=O) groups is 2. The van der Waals surface area contributed by atoms with Crippen molar-refractivity contribution in [2.75, 3.05) is 32.8 Å². The smallest absolute Gasteiger partial charge is 0.410 e. The number of carbonyl (C=O) groups excluding carboxylic acids is 2. The van der Waals surface area contributed by atoms with Gasteiger partial charge < -0.3 is 19.3 Å². The molecule has 27 heavy (non-hydrogen) atoms. The van der Waals surface area contributed by atoms with Gasteiger partial charge in [-0.25, -0.2) is 4.79 Å². The minimum atomic E-state index is -0.515. The van der Waals surface area contributed by atoms with Gasteiger partial charge in [-0.05, 0) is 57.9 Å². The Balaban J connectivity index is 1.89. The molecule has 0 N–H and O–H groups in total. The summed E-state index contributed by atoms with van der Waals surface area (Å²) >= 11 is 0. The molecule has 1 aromatic rings. The Morgan fingerprint density at radius 2 is 1.67 bits per heavy atom. The van der Waals surface area contributed by atoms with E-state index in [0.29, 0.717) is 32.8 Å². The van der Waals surface area contributed by atoms with Crippen molar-refractivity contribution in [2.45, 2.75) is 39.7 Å². The van der Waals surface area contributed by atoms with Gasteiger partial charge in [-0.1, -0.05) is 12.1 Å². The third-order valence-electron chi connectivity index (χ3n) is 4.07. The molecule has 2 rings (SSSR count). The molecule has 0 aliphatic carbocycles. The molecule has 1 aliphatic rings. The van der Waals surface area contributed by atoms with Crippen molar-refractivity contribution in [1.29, 1.82) is 0 Å². The van der Waals surface area contributed by atoms with E-state index < -0.39 is 5.60 Å². The second kappa shape index (κ2) is 9.44. The van der Waals surface area contributed by atoms with Crippen molar-refractivity contribution in [2.24, 2.45) is 0 Å². The van der Waals surface area contributed by atoms with Crippen LogP contribution in [0.4, 0.5) is 4.79 Å². The molecule has 0 saturated carbocycles. The Hall–Kier alpha value is -2.50. The molecule has 1 heterocycles. The minimum Gasteiger partial charge on any atom is -0.494 e. The highest BCUT2D eigenvalue weighted by molar-refractivity contribution is 5.91. The van der Waals surface area contributed by atoms with Crippen molar-refractivity contribution >= 4 is 18.1 Å². The molecule has 6 nitrogen and oxygen atoms in total. The first-order valence-corrected chi connectivity index (χ1v) is 9.46. The molecule has 6 heteroatoms. The summed E-state index contributed by atoms with van der Waals surface area (Å²) in [4.78, 5) is 28.1. The summed E-state index contributed by atoms with van der Waals surface area (Å²) in [6, 6.07) is 7.61. The van der Waals surface area contributed by atoms with Gasteiger partial charge in [-0.15, -0.1) is 0 Å². The highest BCUT2D eigenvalue weighted by Crippen LogP contribution is 2.14. The molecule has 0 spiro atoms. The third-order valence-corrected chi connectivity index (χ3v) is 4.07. The fraction of sp³-hybridized carbons (Fsp3) is 0.524. The zero-order valence-corrected chi connectivity index (χ0v) is 16.7. The standard InChI is InChI=1S/C21H30N2O4/c1-5-26-18-10-7-17(8-11-18)9-12-19(24)22-13-6-14-23(16-15-22)20(25)27-21(2,3)4/h7-12H,5-6,13-16H2,1-4H3/b12-9+. The van der Waals surface area contributed by atoms with E-state index >= 15 is 0 Å². The zero-order valence-electron chi connectivity index (χ0n) is 16.7. The first kappa shape index (κ1) is 20.8. The lowest BCUT2D eigenvalue weighted by atomic mass is 10.2. The van der Waals surface area contributed by atoms with Gasteiger partial charge in [-0.3, -0.25) is 4.79 Å². The van der Waals surface area contributed by atoms with Gasteiger partial charge in [0.05, 0.1) is 6.61 Å². The predicted octanol–water partition coefficient (Wildman–Crippen LogP) is 3.57. The Labute approximate surface area is 161 Å². The predicted molar refractivity (Wildman–Crippen MR) is 106 cm³/mol. The van der Waals surface area contributed by atoms with E-state index in [1.807, 2.05) is 52.0 Å². The first-order valence-electron chi connectivity index (χ1n) is 9.46. The Morgan fingerprint density at radius 1 is 1.04 bits per heavy atom. The van der Waals surface area contributed by atoms with Crippen LogP contribution in [-0.4, -0.2) is 60.2 Å². The minimum absolute atomic E-state index is 0.0464. The Morgan fingerprint density at radius 3 is 2.30 bits per heavy atom. The van der Waals surface area contributed by atoms with E-state index in [1.54, 1.807) is 22.0 Å². The molecular weight excluding hydrogens is 344 g/mol. The van der Waals surface area contributed by atoms with E-state index in [0.717, 1.165) is 17.7 Å². The van der Waals surface area contributed by atoms with Crippen molar-refractivity contribution < 1.29 is 19.1 Å².